The maximum atomic E-state index is 12.2. The van der Waals surface area contributed by atoms with Gasteiger partial charge in [-0.1, -0.05) is 0 Å². The summed E-state index contributed by atoms with van der Waals surface area (Å²) in [5, 5.41) is 11.7. The van der Waals surface area contributed by atoms with E-state index in [4.69, 9.17) is 14.3 Å². The molecule has 0 spiro atoms. The molecule has 0 saturated carbocycles. The van der Waals surface area contributed by atoms with Crippen LogP contribution in [0.25, 0.3) is 0 Å². The minimum Gasteiger partial charge on any atom is -0.496 e. The number of amides is 1. The first-order chi connectivity index (χ1) is 10.8. The Balaban J connectivity index is 2.11. The van der Waals surface area contributed by atoms with E-state index in [9.17, 15) is 9.59 Å². The minimum atomic E-state index is -1.05. The van der Waals surface area contributed by atoms with Crippen molar-refractivity contribution in [2.24, 2.45) is 0 Å². The van der Waals surface area contributed by atoms with Crippen molar-refractivity contribution in [3.63, 3.8) is 0 Å². The van der Waals surface area contributed by atoms with Crippen LogP contribution in [0.2, 0.25) is 0 Å². The Hall–Kier alpha value is -2.76. The van der Waals surface area contributed by atoms with Gasteiger partial charge in [-0.15, -0.1) is 0 Å². The van der Waals surface area contributed by atoms with Crippen LogP contribution in [0.4, 0.5) is 0 Å². The SMILES string of the molecule is COc1c(C)cc(C(=O)NCc2cc(C(=O)O)c(C)o2)cc1C. The highest BCUT2D eigenvalue weighted by Gasteiger charge is 2.15. The number of hydrogen-bond donors (Lipinski definition) is 2. The van der Waals surface area contributed by atoms with E-state index in [0.29, 0.717) is 17.1 Å². The molecule has 1 heterocycles. The van der Waals surface area contributed by atoms with Crippen LogP contribution < -0.4 is 10.1 Å². The van der Waals surface area contributed by atoms with Crippen LogP contribution in [0, 0.1) is 20.8 Å². The van der Waals surface area contributed by atoms with Crippen molar-refractivity contribution in [2.75, 3.05) is 7.11 Å². The van der Waals surface area contributed by atoms with Crippen LogP contribution in [-0.2, 0) is 6.54 Å². The maximum Gasteiger partial charge on any atom is 0.339 e. The minimum absolute atomic E-state index is 0.102. The van der Waals surface area contributed by atoms with Crippen LogP contribution in [0.5, 0.6) is 5.75 Å². The molecule has 1 aromatic heterocycles. The first-order valence-corrected chi connectivity index (χ1v) is 7.09. The van der Waals surface area contributed by atoms with Crippen molar-refractivity contribution in [2.45, 2.75) is 27.3 Å². The third-order valence-corrected chi connectivity index (χ3v) is 3.55. The second-order valence-corrected chi connectivity index (χ2v) is 5.31. The quantitative estimate of drug-likeness (QED) is 0.885. The molecule has 0 fully saturated rings. The van der Waals surface area contributed by atoms with Gasteiger partial charge in [0.05, 0.1) is 13.7 Å². The van der Waals surface area contributed by atoms with Gasteiger partial charge in [-0.2, -0.15) is 0 Å². The second kappa shape index (κ2) is 6.56. The van der Waals surface area contributed by atoms with Crippen molar-refractivity contribution < 1.29 is 23.8 Å². The van der Waals surface area contributed by atoms with Crippen molar-refractivity contribution in [3.8, 4) is 5.75 Å². The number of benzene rings is 1. The number of furan rings is 1. The monoisotopic (exact) mass is 317 g/mol. The molecule has 23 heavy (non-hydrogen) atoms. The van der Waals surface area contributed by atoms with Gasteiger partial charge in [0.1, 0.15) is 22.8 Å². The third kappa shape index (κ3) is 3.53. The molecule has 0 saturated heterocycles. The lowest BCUT2D eigenvalue weighted by molar-refractivity contribution is 0.0694. The number of aryl methyl sites for hydroxylation is 3. The molecule has 0 atom stereocenters. The van der Waals surface area contributed by atoms with Crippen molar-refractivity contribution >= 4 is 11.9 Å². The van der Waals surface area contributed by atoms with Crippen molar-refractivity contribution in [3.05, 3.63) is 52.0 Å². The standard InChI is InChI=1S/C17H19NO5/c1-9-5-12(6-10(2)15(9)22-4)16(19)18-8-13-7-14(17(20)21)11(3)23-13/h5-7H,8H2,1-4H3,(H,18,19)(H,20,21). The highest BCUT2D eigenvalue weighted by molar-refractivity contribution is 5.95. The summed E-state index contributed by atoms with van der Waals surface area (Å²) in [6, 6.07) is 4.91. The van der Waals surface area contributed by atoms with Gasteiger partial charge >= 0.3 is 5.97 Å². The average Bonchev–Trinajstić information content (AvgIpc) is 2.85. The molecule has 0 aliphatic carbocycles. The molecule has 0 aliphatic heterocycles. The van der Waals surface area contributed by atoms with E-state index in [1.807, 2.05) is 13.8 Å². The number of nitrogens with one attached hydrogen (secondary N) is 1. The van der Waals surface area contributed by atoms with E-state index in [0.717, 1.165) is 16.9 Å². The van der Waals surface area contributed by atoms with Crippen LogP contribution >= 0.6 is 0 Å². The van der Waals surface area contributed by atoms with Gasteiger partial charge in [-0.05, 0) is 50.1 Å². The van der Waals surface area contributed by atoms with E-state index < -0.39 is 5.97 Å². The lowest BCUT2D eigenvalue weighted by atomic mass is 10.1. The second-order valence-electron chi connectivity index (χ2n) is 5.31. The van der Waals surface area contributed by atoms with Crippen LogP contribution in [-0.4, -0.2) is 24.1 Å². The Morgan fingerprint density at radius 1 is 1.17 bits per heavy atom. The Labute approximate surface area is 134 Å². The number of carboxylic acids is 1. The summed E-state index contributed by atoms with van der Waals surface area (Å²) in [5.41, 5.74) is 2.37. The normalized spacial score (nSPS) is 10.4. The highest BCUT2D eigenvalue weighted by atomic mass is 16.5. The fraction of sp³-hybridized carbons (Fsp3) is 0.294. The topological polar surface area (TPSA) is 88.8 Å². The zero-order chi connectivity index (χ0) is 17.1. The fourth-order valence-electron chi connectivity index (χ4n) is 2.52. The smallest absolute Gasteiger partial charge is 0.339 e. The summed E-state index contributed by atoms with van der Waals surface area (Å²) in [5.74, 6) is 0.164. The van der Waals surface area contributed by atoms with E-state index in [1.165, 1.54) is 6.07 Å². The van der Waals surface area contributed by atoms with E-state index >= 15 is 0 Å². The molecule has 122 valence electrons. The van der Waals surface area contributed by atoms with Gasteiger partial charge in [-0.25, -0.2) is 4.79 Å². The van der Waals surface area contributed by atoms with Crippen LogP contribution in [0.15, 0.2) is 22.6 Å². The van der Waals surface area contributed by atoms with Gasteiger partial charge in [0.2, 0.25) is 0 Å². The Morgan fingerprint density at radius 3 is 2.26 bits per heavy atom. The van der Waals surface area contributed by atoms with Gasteiger partial charge in [0.15, 0.2) is 0 Å². The molecule has 2 aromatic rings. The Morgan fingerprint density at radius 2 is 1.78 bits per heavy atom. The molecule has 1 amide bonds. The molecule has 6 nitrogen and oxygen atoms in total. The van der Waals surface area contributed by atoms with Gasteiger partial charge in [-0.3, -0.25) is 4.79 Å². The Kier molecular flexibility index (Phi) is 4.74. The van der Waals surface area contributed by atoms with Crippen molar-refractivity contribution in [1.29, 1.82) is 0 Å². The lowest BCUT2D eigenvalue weighted by Crippen LogP contribution is -2.22. The first-order valence-electron chi connectivity index (χ1n) is 7.09. The fourth-order valence-corrected chi connectivity index (χ4v) is 2.52. The summed E-state index contributed by atoms with van der Waals surface area (Å²) in [6.45, 7) is 5.44. The number of aromatic carboxylic acids is 1. The molecule has 2 rings (SSSR count). The zero-order valence-corrected chi connectivity index (χ0v) is 13.5. The highest BCUT2D eigenvalue weighted by Crippen LogP contribution is 2.24. The van der Waals surface area contributed by atoms with Crippen LogP contribution in [0.1, 0.15) is 43.4 Å². The first kappa shape index (κ1) is 16.6. The molecule has 1 aromatic carbocycles. The number of rotatable bonds is 5. The number of carboxylic acid groups (broad SMARTS) is 1. The molecular formula is C17H19NO5. The molecular weight excluding hydrogens is 298 g/mol. The molecule has 2 N–H and O–H groups in total. The number of hydrogen-bond acceptors (Lipinski definition) is 4. The number of methoxy groups -OCH3 is 1. The number of ether oxygens (including phenoxy) is 1. The summed E-state index contributed by atoms with van der Waals surface area (Å²) >= 11 is 0. The molecule has 0 aliphatic rings. The summed E-state index contributed by atoms with van der Waals surface area (Å²) in [6.07, 6.45) is 0. The number of carbonyl (C=O) groups excluding carboxylic acids is 1. The van der Waals surface area contributed by atoms with Gasteiger partial charge in [0.25, 0.3) is 5.91 Å². The summed E-state index contributed by atoms with van der Waals surface area (Å²) < 4.78 is 10.6. The lowest BCUT2D eigenvalue weighted by Gasteiger charge is -2.11. The summed E-state index contributed by atoms with van der Waals surface area (Å²) in [4.78, 5) is 23.2. The van der Waals surface area contributed by atoms with E-state index in [1.54, 1.807) is 26.2 Å². The predicted molar refractivity (Wildman–Crippen MR) is 84.0 cm³/mol. The maximum absolute atomic E-state index is 12.2. The van der Waals surface area contributed by atoms with Crippen LogP contribution in [0.3, 0.4) is 0 Å². The van der Waals surface area contributed by atoms with Gasteiger partial charge in [0, 0.05) is 5.56 Å². The van der Waals surface area contributed by atoms with Crippen molar-refractivity contribution in [1.82, 2.24) is 5.32 Å². The summed E-state index contributed by atoms with van der Waals surface area (Å²) in [7, 11) is 1.59. The molecule has 0 unspecified atom stereocenters. The average molecular weight is 317 g/mol. The molecule has 6 heteroatoms. The van der Waals surface area contributed by atoms with Gasteiger partial charge < -0.3 is 19.6 Å². The largest absolute Gasteiger partial charge is 0.496 e. The number of carbonyl (C=O) groups is 2. The zero-order valence-electron chi connectivity index (χ0n) is 13.5. The predicted octanol–water partition coefficient (Wildman–Crippen LogP) is 2.84. The third-order valence-electron chi connectivity index (χ3n) is 3.55. The van der Waals surface area contributed by atoms with E-state index in [2.05, 4.69) is 5.32 Å². The Bertz CT molecular complexity index is 737. The van der Waals surface area contributed by atoms with E-state index in [-0.39, 0.29) is 18.0 Å². The molecule has 0 bridgehead atoms. The molecule has 0 radical (unpaired) electrons.